The fourth-order valence-electron chi connectivity index (χ4n) is 1.30. The van der Waals surface area contributed by atoms with E-state index < -0.39 is 37.0 Å². The summed E-state index contributed by atoms with van der Waals surface area (Å²) in [5.41, 5.74) is 0. The smallest absolute Gasteiger partial charge is 0.344 e. The Hall–Kier alpha value is -0.920. The van der Waals surface area contributed by atoms with Crippen LogP contribution in [0.1, 0.15) is 6.42 Å². The lowest BCUT2D eigenvalue weighted by Gasteiger charge is -2.30. The molecule has 8 heteroatoms. The number of nitrogens with one attached hydrogen (secondary N) is 2. The number of piperidine rings is 1. The summed E-state index contributed by atoms with van der Waals surface area (Å²) in [7, 11) is 0. The van der Waals surface area contributed by atoms with Gasteiger partial charge in [-0.15, -0.1) is 0 Å². The minimum Gasteiger partial charge on any atom is -0.344 e. The Bertz CT molecular complexity index is 252. The van der Waals surface area contributed by atoms with Crippen molar-refractivity contribution in [1.29, 1.82) is 0 Å². The number of amides is 1. The van der Waals surface area contributed by atoms with E-state index in [-0.39, 0.29) is 6.54 Å². The van der Waals surface area contributed by atoms with Crippen molar-refractivity contribution in [3.05, 3.63) is 0 Å². The predicted molar refractivity (Wildman–Crippen MR) is 40.4 cm³/mol. The molecule has 15 heavy (non-hydrogen) atoms. The summed E-state index contributed by atoms with van der Waals surface area (Å²) in [5, 5.41) is 3.76. The SMILES string of the molecule is O=C(NC1CNCC(F)(F)C1)C(F)(F)F. The highest BCUT2D eigenvalue weighted by atomic mass is 19.4. The van der Waals surface area contributed by atoms with Crippen molar-refractivity contribution in [3.8, 4) is 0 Å². The molecule has 1 atom stereocenters. The standard InChI is InChI=1S/C7H9F5N2O/c8-6(9)1-4(2-13-3-6)14-5(15)7(10,11)12/h4,13H,1-3H2,(H,14,15). The first-order valence-electron chi connectivity index (χ1n) is 4.17. The highest BCUT2D eigenvalue weighted by Gasteiger charge is 2.43. The van der Waals surface area contributed by atoms with Gasteiger partial charge in [-0.05, 0) is 0 Å². The van der Waals surface area contributed by atoms with E-state index in [0.717, 1.165) is 0 Å². The van der Waals surface area contributed by atoms with Crippen molar-refractivity contribution in [2.75, 3.05) is 13.1 Å². The molecular weight excluding hydrogens is 223 g/mol. The minimum absolute atomic E-state index is 0.0859. The van der Waals surface area contributed by atoms with Crippen molar-refractivity contribution in [1.82, 2.24) is 10.6 Å². The lowest BCUT2D eigenvalue weighted by atomic mass is 10.0. The third-order valence-corrected chi connectivity index (χ3v) is 1.91. The number of halogens is 5. The van der Waals surface area contributed by atoms with Crippen LogP contribution in [0.5, 0.6) is 0 Å². The van der Waals surface area contributed by atoms with E-state index in [1.54, 1.807) is 0 Å². The Morgan fingerprint density at radius 3 is 2.47 bits per heavy atom. The van der Waals surface area contributed by atoms with Crippen LogP contribution in [0.4, 0.5) is 22.0 Å². The normalized spacial score (nSPS) is 26.1. The summed E-state index contributed by atoms with van der Waals surface area (Å²) in [4.78, 5) is 10.4. The van der Waals surface area contributed by atoms with Gasteiger partial charge in [-0.3, -0.25) is 4.79 Å². The van der Waals surface area contributed by atoms with Gasteiger partial charge in [-0.1, -0.05) is 0 Å². The highest BCUT2D eigenvalue weighted by molar-refractivity contribution is 5.81. The lowest BCUT2D eigenvalue weighted by Crippen LogP contribution is -2.55. The van der Waals surface area contributed by atoms with Gasteiger partial charge >= 0.3 is 12.1 Å². The van der Waals surface area contributed by atoms with Crippen LogP contribution in [0.2, 0.25) is 0 Å². The van der Waals surface area contributed by atoms with Crippen LogP contribution in [0.3, 0.4) is 0 Å². The lowest BCUT2D eigenvalue weighted by molar-refractivity contribution is -0.175. The Morgan fingerprint density at radius 1 is 1.40 bits per heavy atom. The van der Waals surface area contributed by atoms with Crippen LogP contribution in [0, 0.1) is 0 Å². The van der Waals surface area contributed by atoms with Gasteiger partial charge < -0.3 is 10.6 Å². The van der Waals surface area contributed by atoms with E-state index >= 15 is 0 Å². The molecule has 1 unspecified atom stereocenters. The van der Waals surface area contributed by atoms with E-state index in [4.69, 9.17) is 0 Å². The molecule has 3 nitrogen and oxygen atoms in total. The first kappa shape index (κ1) is 12.2. The van der Waals surface area contributed by atoms with Crippen molar-refractivity contribution in [2.24, 2.45) is 0 Å². The average Bonchev–Trinajstić information content (AvgIpc) is 2.00. The van der Waals surface area contributed by atoms with Crippen LogP contribution in [-0.4, -0.2) is 37.1 Å². The topological polar surface area (TPSA) is 41.1 Å². The van der Waals surface area contributed by atoms with Gasteiger partial charge in [0.15, 0.2) is 0 Å². The number of hydrogen-bond donors (Lipinski definition) is 2. The second-order valence-electron chi connectivity index (χ2n) is 3.36. The maximum atomic E-state index is 12.7. The highest BCUT2D eigenvalue weighted by Crippen LogP contribution is 2.23. The summed E-state index contributed by atoms with van der Waals surface area (Å²) >= 11 is 0. The molecule has 2 N–H and O–H groups in total. The molecule has 1 aliphatic rings. The number of hydrogen-bond acceptors (Lipinski definition) is 2. The molecule has 1 fully saturated rings. The molecule has 0 aromatic carbocycles. The second kappa shape index (κ2) is 3.92. The molecule has 0 aromatic heterocycles. The summed E-state index contributed by atoms with van der Waals surface area (Å²) in [6.07, 6.45) is -5.81. The zero-order chi connectivity index (χ0) is 11.7. The quantitative estimate of drug-likeness (QED) is 0.652. The van der Waals surface area contributed by atoms with E-state index in [1.807, 2.05) is 0 Å². The van der Waals surface area contributed by atoms with Crippen LogP contribution in [0.15, 0.2) is 0 Å². The van der Waals surface area contributed by atoms with Crippen molar-refractivity contribution in [2.45, 2.75) is 24.6 Å². The molecule has 1 aliphatic heterocycles. The largest absolute Gasteiger partial charge is 0.471 e. The molecule has 0 aliphatic carbocycles. The molecule has 1 amide bonds. The van der Waals surface area contributed by atoms with Crippen molar-refractivity contribution in [3.63, 3.8) is 0 Å². The molecule has 0 spiro atoms. The molecular formula is C7H9F5N2O. The Balaban J connectivity index is 2.49. The number of carbonyl (C=O) groups excluding carboxylic acids is 1. The van der Waals surface area contributed by atoms with Crippen LogP contribution >= 0.6 is 0 Å². The Kier molecular flexibility index (Phi) is 3.17. The second-order valence-corrected chi connectivity index (χ2v) is 3.36. The molecule has 1 heterocycles. The van der Waals surface area contributed by atoms with Gasteiger partial charge in [0.1, 0.15) is 0 Å². The molecule has 88 valence electrons. The van der Waals surface area contributed by atoms with E-state index in [1.165, 1.54) is 5.32 Å². The Morgan fingerprint density at radius 2 is 2.00 bits per heavy atom. The fourth-order valence-corrected chi connectivity index (χ4v) is 1.30. The van der Waals surface area contributed by atoms with Gasteiger partial charge in [0.25, 0.3) is 5.92 Å². The number of rotatable bonds is 1. The number of alkyl halides is 5. The summed E-state index contributed by atoms with van der Waals surface area (Å²) < 4.78 is 60.7. The van der Waals surface area contributed by atoms with Crippen LogP contribution in [-0.2, 0) is 4.79 Å². The van der Waals surface area contributed by atoms with Crippen molar-refractivity contribution < 1.29 is 26.7 Å². The minimum atomic E-state index is -5.03. The van der Waals surface area contributed by atoms with Gasteiger partial charge in [-0.25, -0.2) is 8.78 Å². The third-order valence-electron chi connectivity index (χ3n) is 1.91. The summed E-state index contributed by atoms with van der Waals surface area (Å²) in [6.45, 7) is -0.664. The molecule has 1 saturated heterocycles. The number of carbonyl (C=O) groups is 1. The zero-order valence-electron chi connectivity index (χ0n) is 7.50. The van der Waals surface area contributed by atoms with Gasteiger partial charge in [0.05, 0.1) is 6.54 Å². The van der Waals surface area contributed by atoms with Crippen LogP contribution < -0.4 is 10.6 Å². The van der Waals surface area contributed by atoms with Crippen molar-refractivity contribution >= 4 is 5.91 Å². The third kappa shape index (κ3) is 3.61. The zero-order valence-corrected chi connectivity index (χ0v) is 7.50. The molecule has 0 radical (unpaired) electrons. The molecule has 0 bridgehead atoms. The summed E-state index contributed by atoms with van der Waals surface area (Å²) in [6, 6.07) is -1.19. The molecule has 0 saturated carbocycles. The monoisotopic (exact) mass is 232 g/mol. The maximum absolute atomic E-state index is 12.7. The molecule has 1 rings (SSSR count). The van der Waals surface area contributed by atoms with E-state index in [0.29, 0.717) is 0 Å². The van der Waals surface area contributed by atoms with E-state index in [9.17, 15) is 26.7 Å². The maximum Gasteiger partial charge on any atom is 0.471 e. The molecule has 0 aromatic rings. The fraction of sp³-hybridized carbons (Fsp3) is 0.857. The first-order valence-corrected chi connectivity index (χ1v) is 4.17. The van der Waals surface area contributed by atoms with Gasteiger partial charge in [0.2, 0.25) is 0 Å². The van der Waals surface area contributed by atoms with Gasteiger partial charge in [0, 0.05) is 19.0 Å². The van der Waals surface area contributed by atoms with E-state index in [2.05, 4.69) is 5.32 Å². The Labute approximate surface area is 82.0 Å². The van der Waals surface area contributed by atoms with Gasteiger partial charge in [-0.2, -0.15) is 13.2 Å². The summed E-state index contributed by atoms with van der Waals surface area (Å²) in [5.74, 6) is -5.27. The average molecular weight is 232 g/mol. The van der Waals surface area contributed by atoms with Crippen LogP contribution in [0.25, 0.3) is 0 Å². The first-order chi connectivity index (χ1) is 6.71. The predicted octanol–water partition coefficient (Wildman–Crippen LogP) is 0.662.